The monoisotopic (exact) mass is 426 g/mol. The normalized spacial score (nSPS) is 11.5. The third kappa shape index (κ3) is 4.57. The molecule has 1 aromatic heterocycles. The summed E-state index contributed by atoms with van der Waals surface area (Å²) in [5.74, 6) is -1.08. The van der Waals surface area contributed by atoms with Gasteiger partial charge in [-0.15, -0.1) is 0 Å². The van der Waals surface area contributed by atoms with Crippen molar-refractivity contribution in [1.29, 1.82) is 0 Å². The smallest absolute Gasteiger partial charge is 0.335 e. The summed E-state index contributed by atoms with van der Waals surface area (Å²) in [7, 11) is 0. The second-order valence-electron chi connectivity index (χ2n) is 9.00. The Morgan fingerprint density at radius 2 is 1.53 bits per heavy atom. The van der Waals surface area contributed by atoms with Gasteiger partial charge in [0.1, 0.15) is 0 Å². The van der Waals surface area contributed by atoms with E-state index in [1.165, 1.54) is 5.56 Å². The molecule has 1 amide bonds. The Bertz CT molecular complexity index is 1280. The molecular weight excluding hydrogens is 400 g/mol. The highest BCUT2D eigenvalue weighted by Gasteiger charge is 2.14. The summed E-state index contributed by atoms with van der Waals surface area (Å²) in [6.45, 7) is 7.04. The molecule has 0 saturated heterocycles. The van der Waals surface area contributed by atoms with E-state index >= 15 is 0 Å². The molecule has 0 fully saturated rings. The van der Waals surface area contributed by atoms with Gasteiger partial charge in [0.15, 0.2) is 0 Å². The topological polar surface area (TPSA) is 71.3 Å². The van der Waals surface area contributed by atoms with Crippen LogP contribution in [-0.4, -0.2) is 21.6 Å². The Kier molecular flexibility index (Phi) is 5.57. The predicted molar refractivity (Wildman–Crippen MR) is 128 cm³/mol. The van der Waals surface area contributed by atoms with Crippen molar-refractivity contribution in [3.8, 4) is 0 Å². The number of carboxylic acids is 1. The fraction of sp³-hybridized carbons (Fsp3) is 0.185. The Morgan fingerprint density at radius 1 is 0.875 bits per heavy atom. The molecule has 1 heterocycles. The number of rotatable bonds is 5. The largest absolute Gasteiger partial charge is 0.478 e. The zero-order valence-electron chi connectivity index (χ0n) is 18.4. The molecule has 0 aliphatic carbocycles. The van der Waals surface area contributed by atoms with Gasteiger partial charge in [0.05, 0.1) is 11.1 Å². The lowest BCUT2D eigenvalue weighted by molar-refractivity contribution is 0.0696. The van der Waals surface area contributed by atoms with Crippen LogP contribution in [0.15, 0.2) is 79.0 Å². The molecule has 0 spiro atoms. The first-order valence-corrected chi connectivity index (χ1v) is 10.5. The second-order valence-corrected chi connectivity index (χ2v) is 9.00. The molecule has 0 atom stereocenters. The van der Waals surface area contributed by atoms with Gasteiger partial charge >= 0.3 is 5.97 Å². The molecule has 2 N–H and O–H groups in total. The van der Waals surface area contributed by atoms with Crippen LogP contribution in [0, 0.1) is 0 Å². The zero-order chi connectivity index (χ0) is 22.9. The number of nitrogens with one attached hydrogen (secondary N) is 1. The summed E-state index contributed by atoms with van der Waals surface area (Å²) in [4.78, 5) is 23.8. The quantitative estimate of drug-likeness (QED) is 0.415. The highest BCUT2D eigenvalue weighted by molar-refractivity contribution is 6.05. The molecule has 32 heavy (non-hydrogen) atoms. The zero-order valence-corrected chi connectivity index (χ0v) is 18.4. The van der Waals surface area contributed by atoms with Crippen LogP contribution in [0.4, 0.5) is 5.69 Å². The molecule has 0 radical (unpaired) electrons. The average Bonchev–Trinajstić information content (AvgIpc) is 3.15. The van der Waals surface area contributed by atoms with Gasteiger partial charge in [0.2, 0.25) is 0 Å². The molecule has 0 bridgehead atoms. The van der Waals surface area contributed by atoms with E-state index in [9.17, 15) is 9.59 Å². The van der Waals surface area contributed by atoms with E-state index in [-0.39, 0.29) is 16.9 Å². The first-order chi connectivity index (χ1) is 15.2. The third-order valence-electron chi connectivity index (χ3n) is 5.60. The van der Waals surface area contributed by atoms with Crippen LogP contribution in [-0.2, 0) is 12.0 Å². The van der Waals surface area contributed by atoms with Crippen molar-refractivity contribution >= 4 is 28.5 Å². The summed E-state index contributed by atoms with van der Waals surface area (Å²) < 4.78 is 2.08. The molecule has 0 aliphatic rings. The maximum atomic E-state index is 12.7. The van der Waals surface area contributed by atoms with E-state index in [2.05, 4.69) is 30.7 Å². The van der Waals surface area contributed by atoms with E-state index in [4.69, 9.17) is 5.11 Å². The van der Waals surface area contributed by atoms with Crippen molar-refractivity contribution in [2.75, 3.05) is 5.32 Å². The number of aromatic nitrogens is 1. The van der Waals surface area contributed by atoms with Gasteiger partial charge in [-0.25, -0.2) is 4.79 Å². The number of amides is 1. The van der Waals surface area contributed by atoms with Crippen LogP contribution in [0.3, 0.4) is 0 Å². The second kappa shape index (κ2) is 8.35. The van der Waals surface area contributed by atoms with Crippen LogP contribution >= 0.6 is 0 Å². The third-order valence-corrected chi connectivity index (χ3v) is 5.60. The highest BCUT2D eigenvalue weighted by atomic mass is 16.4. The van der Waals surface area contributed by atoms with Crippen LogP contribution in [0.2, 0.25) is 0 Å². The Hall–Kier alpha value is -3.86. The van der Waals surface area contributed by atoms with Gasteiger partial charge in [0.25, 0.3) is 5.91 Å². The number of fused-ring (bicyclic) bond motifs is 1. The van der Waals surface area contributed by atoms with E-state index in [1.54, 1.807) is 12.1 Å². The van der Waals surface area contributed by atoms with Gasteiger partial charge in [-0.2, -0.15) is 0 Å². The number of nitrogens with zero attached hydrogens (tertiary/aromatic N) is 1. The van der Waals surface area contributed by atoms with Gasteiger partial charge < -0.3 is 15.0 Å². The summed E-state index contributed by atoms with van der Waals surface area (Å²) in [5.41, 5.74) is 4.83. The van der Waals surface area contributed by atoms with E-state index in [0.29, 0.717) is 12.1 Å². The number of carboxylic acid groups (broad SMARTS) is 1. The minimum atomic E-state index is -0.934. The van der Waals surface area contributed by atoms with Crippen molar-refractivity contribution in [3.63, 3.8) is 0 Å². The highest BCUT2D eigenvalue weighted by Crippen LogP contribution is 2.24. The number of anilines is 1. The van der Waals surface area contributed by atoms with Crippen LogP contribution < -0.4 is 5.32 Å². The fourth-order valence-corrected chi connectivity index (χ4v) is 3.67. The molecule has 0 aliphatic heterocycles. The number of aromatic carboxylic acids is 1. The summed E-state index contributed by atoms with van der Waals surface area (Å²) >= 11 is 0. The SMILES string of the molecule is CC(C)(C)c1ccc(C(=O)Nc2ccc3ccn(Cc4ccc(C(=O)O)cc4)c3c2)cc1. The van der Waals surface area contributed by atoms with E-state index in [0.717, 1.165) is 22.2 Å². The molecule has 4 rings (SSSR count). The average molecular weight is 427 g/mol. The van der Waals surface area contributed by atoms with Gasteiger partial charge in [-0.1, -0.05) is 51.1 Å². The first kappa shape index (κ1) is 21.4. The van der Waals surface area contributed by atoms with Gasteiger partial charge in [-0.3, -0.25) is 4.79 Å². The van der Waals surface area contributed by atoms with Crippen molar-refractivity contribution in [1.82, 2.24) is 4.57 Å². The lowest BCUT2D eigenvalue weighted by Gasteiger charge is -2.19. The number of benzene rings is 3. The van der Waals surface area contributed by atoms with E-state index in [1.807, 2.05) is 66.9 Å². The van der Waals surface area contributed by atoms with Gasteiger partial charge in [0, 0.05) is 24.0 Å². The number of hydrogen-bond acceptors (Lipinski definition) is 2. The maximum Gasteiger partial charge on any atom is 0.335 e. The molecular formula is C27H26N2O3. The van der Waals surface area contributed by atoms with Crippen molar-refractivity contribution < 1.29 is 14.7 Å². The Labute approximate surface area is 187 Å². The molecule has 5 heteroatoms. The standard InChI is InChI=1S/C27H26N2O3/c1-27(2,3)22-11-8-20(9-12-22)25(30)28-23-13-10-19-14-15-29(24(19)16-23)17-18-4-6-21(7-5-18)26(31)32/h4-16H,17H2,1-3H3,(H,28,30)(H,31,32). The lowest BCUT2D eigenvalue weighted by Crippen LogP contribution is -2.14. The lowest BCUT2D eigenvalue weighted by atomic mass is 9.87. The molecule has 0 unspecified atom stereocenters. The first-order valence-electron chi connectivity index (χ1n) is 10.5. The van der Waals surface area contributed by atoms with Crippen molar-refractivity contribution in [2.45, 2.75) is 32.7 Å². The van der Waals surface area contributed by atoms with E-state index < -0.39 is 5.97 Å². The summed E-state index contributed by atoms with van der Waals surface area (Å²) in [6.07, 6.45) is 1.99. The Balaban J connectivity index is 1.53. The predicted octanol–water partition coefficient (Wildman–Crippen LogP) is 5.94. The minimum Gasteiger partial charge on any atom is -0.478 e. The maximum absolute atomic E-state index is 12.7. The molecule has 3 aromatic carbocycles. The van der Waals surface area contributed by atoms with Crippen molar-refractivity contribution in [2.24, 2.45) is 0 Å². The van der Waals surface area contributed by atoms with Gasteiger partial charge in [-0.05, 0) is 64.4 Å². The number of carbonyl (C=O) groups excluding carboxylic acids is 1. The Morgan fingerprint density at radius 3 is 2.16 bits per heavy atom. The number of carbonyl (C=O) groups is 2. The fourth-order valence-electron chi connectivity index (χ4n) is 3.67. The minimum absolute atomic E-state index is 0.0411. The molecule has 4 aromatic rings. The molecule has 162 valence electrons. The van der Waals surface area contributed by atoms with Crippen LogP contribution in [0.25, 0.3) is 10.9 Å². The molecule has 0 saturated carbocycles. The molecule has 5 nitrogen and oxygen atoms in total. The summed E-state index contributed by atoms with van der Waals surface area (Å²) in [5, 5.41) is 13.1. The number of hydrogen-bond donors (Lipinski definition) is 2. The van der Waals surface area contributed by atoms with Crippen molar-refractivity contribution in [3.05, 3.63) is 101 Å². The van der Waals surface area contributed by atoms with Crippen LogP contribution in [0.1, 0.15) is 52.6 Å². The van der Waals surface area contributed by atoms with Crippen LogP contribution in [0.5, 0.6) is 0 Å². The summed E-state index contributed by atoms with van der Waals surface area (Å²) in [6, 6.07) is 22.4.